The Bertz CT molecular complexity index is 1460. The van der Waals surface area contributed by atoms with E-state index in [0.29, 0.717) is 0 Å². The minimum Gasteiger partial charge on any atom is -0.252 e. The first-order valence-electron chi connectivity index (χ1n) is 9.92. The highest BCUT2D eigenvalue weighted by molar-refractivity contribution is 6.23. The summed E-state index contributed by atoms with van der Waals surface area (Å²) < 4.78 is 0. The van der Waals surface area contributed by atoms with Gasteiger partial charge in [-0.1, -0.05) is 98.1 Å². The van der Waals surface area contributed by atoms with Gasteiger partial charge in [0, 0.05) is 16.3 Å². The number of hydrogen-bond acceptors (Lipinski definition) is 2. The summed E-state index contributed by atoms with van der Waals surface area (Å²) in [6, 6.07) is 25.0. The zero-order valence-electron chi connectivity index (χ0n) is 16.5. The zero-order chi connectivity index (χ0) is 20.5. The summed E-state index contributed by atoms with van der Waals surface area (Å²) in [4.78, 5) is 9.88. The quantitative estimate of drug-likeness (QED) is 0.239. The second-order valence-electron chi connectivity index (χ2n) is 7.19. The van der Waals surface area contributed by atoms with E-state index in [1.807, 2.05) is 36.5 Å². The van der Waals surface area contributed by atoms with Crippen molar-refractivity contribution in [3.63, 3.8) is 0 Å². The van der Waals surface area contributed by atoms with Crippen molar-refractivity contribution in [2.75, 3.05) is 0 Å². The maximum atomic E-state index is 5.04. The molecule has 0 atom stereocenters. The summed E-state index contributed by atoms with van der Waals surface area (Å²) in [5, 5.41) is 4.54. The van der Waals surface area contributed by atoms with Gasteiger partial charge < -0.3 is 0 Å². The van der Waals surface area contributed by atoms with Gasteiger partial charge in [-0.15, -0.1) is 0 Å². The second kappa shape index (κ2) is 7.41. The van der Waals surface area contributed by atoms with E-state index >= 15 is 0 Å². The van der Waals surface area contributed by atoms with Crippen molar-refractivity contribution in [2.45, 2.75) is 0 Å². The maximum Gasteiger partial charge on any atom is 0.0979 e. The first-order valence-corrected chi connectivity index (χ1v) is 9.92. The van der Waals surface area contributed by atoms with Gasteiger partial charge in [-0.3, -0.25) is 4.98 Å². The van der Waals surface area contributed by atoms with Crippen LogP contribution in [0.5, 0.6) is 0 Å². The first-order chi connectivity index (χ1) is 14.8. The van der Waals surface area contributed by atoms with Crippen LogP contribution in [-0.2, 0) is 0 Å². The van der Waals surface area contributed by atoms with Crippen molar-refractivity contribution in [1.29, 1.82) is 0 Å². The SMILES string of the molecule is C=C/C=C(\C=C)c1ccc2c(c1)c1ccccc1c1ncc(-c3ccccc3)nc21. The van der Waals surface area contributed by atoms with E-state index in [1.165, 1.54) is 5.39 Å². The Morgan fingerprint density at radius 3 is 2.23 bits per heavy atom. The Labute approximate surface area is 175 Å². The Balaban J connectivity index is 1.89. The lowest BCUT2D eigenvalue weighted by molar-refractivity contribution is 1.31. The van der Waals surface area contributed by atoms with Crippen LogP contribution >= 0.6 is 0 Å². The molecule has 2 heteroatoms. The molecule has 0 aliphatic rings. The van der Waals surface area contributed by atoms with E-state index in [0.717, 1.165) is 49.6 Å². The zero-order valence-corrected chi connectivity index (χ0v) is 16.5. The van der Waals surface area contributed by atoms with Gasteiger partial charge in [-0.2, -0.15) is 0 Å². The largest absolute Gasteiger partial charge is 0.252 e. The topological polar surface area (TPSA) is 25.8 Å². The third-order valence-corrected chi connectivity index (χ3v) is 5.44. The Morgan fingerprint density at radius 2 is 1.47 bits per heavy atom. The molecule has 0 unspecified atom stereocenters. The molecule has 5 aromatic rings. The summed E-state index contributed by atoms with van der Waals surface area (Å²) in [6.07, 6.45) is 7.49. The van der Waals surface area contributed by atoms with Crippen molar-refractivity contribution in [1.82, 2.24) is 9.97 Å². The fourth-order valence-electron chi connectivity index (χ4n) is 4.01. The summed E-state index contributed by atoms with van der Waals surface area (Å²) in [5.41, 5.74) is 5.93. The molecular formula is C28H20N2. The van der Waals surface area contributed by atoms with Crippen molar-refractivity contribution in [3.05, 3.63) is 116 Å². The number of aromatic nitrogens is 2. The van der Waals surface area contributed by atoms with Crippen molar-refractivity contribution < 1.29 is 0 Å². The number of allylic oxidation sites excluding steroid dienone is 4. The van der Waals surface area contributed by atoms with E-state index in [9.17, 15) is 0 Å². The highest BCUT2D eigenvalue weighted by atomic mass is 14.8. The first kappa shape index (κ1) is 18.0. The van der Waals surface area contributed by atoms with Crippen LogP contribution in [0.15, 0.2) is 110 Å². The molecule has 142 valence electrons. The van der Waals surface area contributed by atoms with Crippen LogP contribution in [0.3, 0.4) is 0 Å². The van der Waals surface area contributed by atoms with Crippen LogP contribution in [0.4, 0.5) is 0 Å². The minimum atomic E-state index is 0.877. The lowest BCUT2D eigenvalue weighted by Gasteiger charge is -2.12. The van der Waals surface area contributed by atoms with Crippen LogP contribution < -0.4 is 0 Å². The molecule has 0 amide bonds. The standard InChI is InChI=1S/C28H20N2/c1-3-10-19(4-2)21-15-16-24-25(17-21)22-13-8-9-14-23(22)27-28(24)30-26(18-29-27)20-11-6-5-7-12-20/h3-18H,1-2H2/b19-10+. The second-order valence-corrected chi connectivity index (χ2v) is 7.19. The van der Waals surface area contributed by atoms with E-state index in [1.54, 1.807) is 6.08 Å². The van der Waals surface area contributed by atoms with Crippen molar-refractivity contribution >= 4 is 38.2 Å². The van der Waals surface area contributed by atoms with Crippen LogP contribution in [0.2, 0.25) is 0 Å². The molecule has 0 bridgehead atoms. The molecule has 0 radical (unpaired) electrons. The molecule has 0 spiro atoms. The van der Waals surface area contributed by atoms with Gasteiger partial charge in [0.2, 0.25) is 0 Å². The average molecular weight is 384 g/mol. The van der Waals surface area contributed by atoms with Gasteiger partial charge in [0.25, 0.3) is 0 Å². The van der Waals surface area contributed by atoms with E-state index in [-0.39, 0.29) is 0 Å². The molecule has 0 N–H and O–H groups in total. The number of nitrogens with zero attached hydrogens (tertiary/aromatic N) is 2. The highest BCUT2D eigenvalue weighted by Gasteiger charge is 2.13. The number of benzene rings is 4. The lowest BCUT2D eigenvalue weighted by Crippen LogP contribution is -1.93. The predicted molar refractivity (Wildman–Crippen MR) is 128 cm³/mol. The molecule has 30 heavy (non-hydrogen) atoms. The van der Waals surface area contributed by atoms with Gasteiger partial charge >= 0.3 is 0 Å². The molecular weight excluding hydrogens is 364 g/mol. The third-order valence-electron chi connectivity index (χ3n) is 5.44. The number of hydrogen-bond donors (Lipinski definition) is 0. The molecule has 1 aromatic heterocycles. The number of fused-ring (bicyclic) bond motifs is 6. The lowest BCUT2D eigenvalue weighted by atomic mass is 9.95. The monoisotopic (exact) mass is 384 g/mol. The van der Waals surface area contributed by atoms with E-state index < -0.39 is 0 Å². The summed E-state index contributed by atoms with van der Waals surface area (Å²) in [5.74, 6) is 0. The van der Waals surface area contributed by atoms with Crippen LogP contribution in [0.1, 0.15) is 5.56 Å². The summed E-state index contributed by atoms with van der Waals surface area (Å²) in [6.45, 7) is 7.78. The Morgan fingerprint density at radius 1 is 0.733 bits per heavy atom. The molecule has 0 aliphatic carbocycles. The van der Waals surface area contributed by atoms with Crippen molar-refractivity contribution in [3.8, 4) is 11.3 Å². The average Bonchev–Trinajstić information content (AvgIpc) is 2.82. The van der Waals surface area contributed by atoms with E-state index in [2.05, 4.69) is 67.8 Å². The maximum absolute atomic E-state index is 5.04. The van der Waals surface area contributed by atoms with Gasteiger partial charge in [-0.05, 0) is 28.0 Å². The molecule has 0 fully saturated rings. The fourth-order valence-corrected chi connectivity index (χ4v) is 4.01. The normalized spacial score (nSPS) is 11.8. The molecule has 2 nitrogen and oxygen atoms in total. The molecule has 0 saturated heterocycles. The Kier molecular flexibility index (Phi) is 4.45. The predicted octanol–water partition coefficient (Wildman–Crippen LogP) is 7.36. The van der Waals surface area contributed by atoms with Crippen LogP contribution in [0.25, 0.3) is 49.4 Å². The van der Waals surface area contributed by atoms with Crippen molar-refractivity contribution in [2.24, 2.45) is 0 Å². The number of rotatable bonds is 4. The summed E-state index contributed by atoms with van der Waals surface area (Å²) >= 11 is 0. The minimum absolute atomic E-state index is 0.877. The molecule has 1 heterocycles. The smallest absolute Gasteiger partial charge is 0.0979 e. The summed E-state index contributed by atoms with van der Waals surface area (Å²) in [7, 11) is 0. The van der Waals surface area contributed by atoms with Crippen LogP contribution in [-0.4, -0.2) is 9.97 Å². The van der Waals surface area contributed by atoms with Gasteiger partial charge in [0.05, 0.1) is 22.9 Å². The van der Waals surface area contributed by atoms with Gasteiger partial charge in [-0.25, -0.2) is 4.98 Å². The Hall–Kier alpha value is -4.04. The van der Waals surface area contributed by atoms with E-state index in [4.69, 9.17) is 9.97 Å². The molecule has 5 rings (SSSR count). The van der Waals surface area contributed by atoms with Gasteiger partial charge in [0.15, 0.2) is 0 Å². The van der Waals surface area contributed by atoms with Crippen LogP contribution in [0, 0.1) is 0 Å². The third kappa shape index (κ3) is 2.90. The highest BCUT2D eigenvalue weighted by Crippen LogP contribution is 2.35. The fraction of sp³-hybridized carbons (Fsp3) is 0. The van der Waals surface area contributed by atoms with Gasteiger partial charge in [0.1, 0.15) is 0 Å². The molecule has 0 saturated carbocycles. The molecule has 4 aromatic carbocycles. The molecule has 0 aliphatic heterocycles.